The van der Waals surface area contributed by atoms with Crippen molar-refractivity contribution in [2.45, 2.75) is 0 Å². The molecule has 0 N–H and O–H groups in total. The van der Waals surface area contributed by atoms with Crippen LogP contribution in [0.15, 0.2) is 194 Å². The molecule has 0 amide bonds. The summed E-state index contributed by atoms with van der Waals surface area (Å²) in [4.78, 5) is 10.8. The number of aromatic nitrogens is 2. The van der Waals surface area contributed by atoms with E-state index in [1.54, 1.807) is 0 Å². The van der Waals surface area contributed by atoms with Gasteiger partial charge in [-0.2, -0.15) is 0 Å². The summed E-state index contributed by atoms with van der Waals surface area (Å²) in [6.07, 6.45) is 0. The van der Waals surface area contributed by atoms with Gasteiger partial charge in [0.1, 0.15) is 0 Å². The Morgan fingerprint density at radius 3 is 1.56 bits per heavy atom. The van der Waals surface area contributed by atoms with Gasteiger partial charge in [-0.25, -0.2) is 9.97 Å². The fourth-order valence-corrected chi connectivity index (χ4v) is 7.96. The van der Waals surface area contributed by atoms with Crippen LogP contribution in [0.2, 0.25) is 0 Å². The van der Waals surface area contributed by atoms with Crippen molar-refractivity contribution in [1.29, 1.82) is 0 Å². The highest BCUT2D eigenvalue weighted by Crippen LogP contribution is 2.47. The Labute approximate surface area is 302 Å². The molecule has 0 unspecified atom stereocenters. The largest absolute Gasteiger partial charge is 0.228 e. The third kappa shape index (κ3) is 4.96. The van der Waals surface area contributed by atoms with Crippen LogP contribution in [-0.2, 0) is 0 Å². The summed E-state index contributed by atoms with van der Waals surface area (Å²) in [5.74, 6) is 0.700. The molecule has 0 atom stereocenters. The Balaban J connectivity index is 1.33. The molecule has 10 rings (SSSR count). The first-order chi connectivity index (χ1) is 25.8. The Morgan fingerprint density at radius 1 is 0.288 bits per heavy atom. The SMILES string of the molecule is c1ccc(-c2nc(-c3ccccc3-c3cccc4ccccc34)cc(-c3c4ccccc4c(-c4ccccc4)c4c3ccc3ccccc34)n2)cc1. The Bertz CT molecular complexity index is 2940. The fourth-order valence-electron chi connectivity index (χ4n) is 7.96. The van der Waals surface area contributed by atoms with Crippen molar-refractivity contribution in [3.05, 3.63) is 194 Å². The first-order valence-corrected chi connectivity index (χ1v) is 17.8. The Kier molecular flexibility index (Phi) is 7.18. The molecular weight excluding hydrogens is 629 g/mol. The van der Waals surface area contributed by atoms with Gasteiger partial charge < -0.3 is 0 Å². The highest BCUT2D eigenvalue weighted by Gasteiger charge is 2.22. The van der Waals surface area contributed by atoms with Crippen molar-refractivity contribution in [2.75, 3.05) is 0 Å². The van der Waals surface area contributed by atoms with Crippen molar-refractivity contribution >= 4 is 43.1 Å². The van der Waals surface area contributed by atoms with Crippen LogP contribution in [0.4, 0.5) is 0 Å². The van der Waals surface area contributed by atoms with E-state index in [0.29, 0.717) is 5.82 Å². The van der Waals surface area contributed by atoms with Gasteiger partial charge in [0, 0.05) is 16.7 Å². The molecule has 0 saturated carbocycles. The van der Waals surface area contributed by atoms with Gasteiger partial charge in [0.05, 0.1) is 11.4 Å². The van der Waals surface area contributed by atoms with Gasteiger partial charge >= 0.3 is 0 Å². The van der Waals surface area contributed by atoms with Crippen LogP contribution in [0, 0.1) is 0 Å². The lowest BCUT2D eigenvalue weighted by Crippen LogP contribution is -1.99. The van der Waals surface area contributed by atoms with Crippen LogP contribution in [0.25, 0.3) is 99.2 Å². The molecule has 0 aliphatic heterocycles. The lowest BCUT2D eigenvalue weighted by atomic mass is 9.85. The zero-order valence-corrected chi connectivity index (χ0v) is 28.4. The van der Waals surface area contributed by atoms with E-state index in [0.717, 1.165) is 39.0 Å². The molecule has 1 aromatic heterocycles. The second-order valence-electron chi connectivity index (χ2n) is 13.3. The van der Waals surface area contributed by atoms with Crippen molar-refractivity contribution in [2.24, 2.45) is 0 Å². The molecule has 0 aliphatic carbocycles. The maximum atomic E-state index is 5.42. The monoisotopic (exact) mass is 660 g/mol. The number of hydrogen-bond acceptors (Lipinski definition) is 2. The quantitative estimate of drug-likeness (QED) is 0.136. The van der Waals surface area contributed by atoms with E-state index >= 15 is 0 Å². The number of nitrogens with zero attached hydrogens (tertiary/aromatic N) is 2. The molecule has 10 aromatic rings. The number of fused-ring (bicyclic) bond motifs is 5. The molecule has 2 heteroatoms. The van der Waals surface area contributed by atoms with Crippen molar-refractivity contribution < 1.29 is 0 Å². The van der Waals surface area contributed by atoms with Crippen LogP contribution >= 0.6 is 0 Å². The van der Waals surface area contributed by atoms with E-state index in [1.807, 2.05) is 6.07 Å². The maximum Gasteiger partial charge on any atom is 0.160 e. The van der Waals surface area contributed by atoms with Crippen molar-refractivity contribution in [1.82, 2.24) is 9.97 Å². The molecule has 9 aromatic carbocycles. The van der Waals surface area contributed by atoms with Gasteiger partial charge in [-0.05, 0) is 71.4 Å². The number of benzene rings is 9. The molecule has 0 radical (unpaired) electrons. The van der Waals surface area contributed by atoms with Gasteiger partial charge in [0.15, 0.2) is 5.82 Å². The molecule has 1 heterocycles. The molecule has 0 saturated heterocycles. The van der Waals surface area contributed by atoms with E-state index in [2.05, 4.69) is 188 Å². The smallest absolute Gasteiger partial charge is 0.160 e. The predicted molar refractivity (Wildman–Crippen MR) is 219 cm³/mol. The third-order valence-corrected chi connectivity index (χ3v) is 10.3. The summed E-state index contributed by atoms with van der Waals surface area (Å²) in [5, 5.41) is 9.64. The summed E-state index contributed by atoms with van der Waals surface area (Å²) in [5.41, 5.74) is 9.71. The molecule has 52 heavy (non-hydrogen) atoms. The van der Waals surface area contributed by atoms with E-state index < -0.39 is 0 Å². The summed E-state index contributed by atoms with van der Waals surface area (Å²) >= 11 is 0. The average molecular weight is 661 g/mol. The van der Waals surface area contributed by atoms with Crippen molar-refractivity contribution in [3.8, 4) is 56.2 Å². The summed E-state index contributed by atoms with van der Waals surface area (Å²) in [7, 11) is 0. The number of hydrogen-bond donors (Lipinski definition) is 0. The molecule has 0 spiro atoms. The molecule has 0 fully saturated rings. The topological polar surface area (TPSA) is 25.8 Å². The summed E-state index contributed by atoms with van der Waals surface area (Å²) < 4.78 is 0. The minimum atomic E-state index is 0.700. The normalized spacial score (nSPS) is 11.5. The summed E-state index contributed by atoms with van der Waals surface area (Å²) in [6, 6.07) is 69.2. The zero-order valence-electron chi connectivity index (χ0n) is 28.4. The van der Waals surface area contributed by atoms with Gasteiger partial charge in [-0.1, -0.05) is 188 Å². The number of rotatable bonds is 5. The predicted octanol–water partition coefficient (Wildman–Crippen LogP) is 13.4. The molecule has 0 aliphatic rings. The molecule has 242 valence electrons. The van der Waals surface area contributed by atoms with E-state index in [1.165, 1.54) is 54.4 Å². The van der Waals surface area contributed by atoms with Crippen molar-refractivity contribution in [3.63, 3.8) is 0 Å². The van der Waals surface area contributed by atoms with Gasteiger partial charge in [0.2, 0.25) is 0 Å². The van der Waals surface area contributed by atoms with Crippen LogP contribution in [-0.4, -0.2) is 9.97 Å². The van der Waals surface area contributed by atoms with Gasteiger partial charge in [-0.15, -0.1) is 0 Å². The van der Waals surface area contributed by atoms with Crippen LogP contribution < -0.4 is 0 Å². The minimum absolute atomic E-state index is 0.700. The first kappa shape index (κ1) is 30.0. The minimum Gasteiger partial charge on any atom is -0.228 e. The molecule has 2 nitrogen and oxygen atoms in total. The van der Waals surface area contributed by atoms with Gasteiger partial charge in [0.25, 0.3) is 0 Å². The zero-order chi connectivity index (χ0) is 34.4. The van der Waals surface area contributed by atoms with E-state index in [9.17, 15) is 0 Å². The summed E-state index contributed by atoms with van der Waals surface area (Å²) in [6.45, 7) is 0. The van der Waals surface area contributed by atoms with Crippen LogP contribution in [0.1, 0.15) is 0 Å². The first-order valence-electron chi connectivity index (χ1n) is 17.8. The Morgan fingerprint density at radius 2 is 0.808 bits per heavy atom. The van der Waals surface area contributed by atoms with E-state index in [4.69, 9.17) is 9.97 Å². The maximum absolute atomic E-state index is 5.42. The molecule has 0 bridgehead atoms. The molecular formula is C50H32N2. The highest BCUT2D eigenvalue weighted by atomic mass is 14.9. The second kappa shape index (κ2) is 12.5. The standard InChI is InChI=1S/C50H32N2/c1-3-18-35(19-4-1)47-42-27-13-14-28-43(42)48(44-31-30-34-17-8-10-24-38(34)49(44)47)46-32-45(51-50(52-46)36-20-5-2-6-21-36)41-26-12-11-25-40(41)39-29-15-22-33-16-7-9-23-37(33)39/h1-32H. The lowest BCUT2D eigenvalue weighted by molar-refractivity contribution is 1.19. The van der Waals surface area contributed by atoms with Crippen LogP contribution in [0.5, 0.6) is 0 Å². The van der Waals surface area contributed by atoms with Gasteiger partial charge in [-0.3, -0.25) is 0 Å². The third-order valence-electron chi connectivity index (χ3n) is 10.3. The average Bonchev–Trinajstić information content (AvgIpc) is 3.23. The van der Waals surface area contributed by atoms with Crippen LogP contribution in [0.3, 0.4) is 0 Å². The lowest BCUT2D eigenvalue weighted by Gasteiger charge is -2.20. The second-order valence-corrected chi connectivity index (χ2v) is 13.3. The Hall–Kier alpha value is -6.90. The van der Waals surface area contributed by atoms with E-state index in [-0.39, 0.29) is 0 Å². The fraction of sp³-hybridized carbons (Fsp3) is 0. The highest BCUT2D eigenvalue weighted by molar-refractivity contribution is 6.27.